The first-order valence-electron chi connectivity index (χ1n) is 13.1. The molecule has 1 atom stereocenters. The van der Waals surface area contributed by atoms with E-state index in [1.54, 1.807) is 48.5 Å². The smallest absolute Gasteiger partial charge is 0.336 e. The average Bonchev–Trinajstić information content (AvgIpc) is 3.42. The molecule has 42 heavy (non-hydrogen) atoms. The second-order valence-electron chi connectivity index (χ2n) is 9.33. The number of carbonyl (C=O) groups is 3. The van der Waals surface area contributed by atoms with Gasteiger partial charge >= 0.3 is 5.97 Å². The SMILES string of the molecule is CCC(Sc1cccc(NC(=O)c2cccc3cccc(C(=O)O)c23)c1)C(=O)Nc1scc(-c2ccccc2)c1C#N. The summed E-state index contributed by atoms with van der Waals surface area (Å²) in [6, 6.07) is 28.9. The molecular formula is C33H25N3O4S2. The molecule has 0 radical (unpaired) electrons. The molecule has 0 bridgehead atoms. The number of rotatable bonds is 9. The van der Waals surface area contributed by atoms with Crippen LogP contribution in [0.3, 0.4) is 0 Å². The zero-order valence-corrected chi connectivity index (χ0v) is 24.1. The number of fused-ring (bicyclic) bond motifs is 1. The van der Waals surface area contributed by atoms with Gasteiger partial charge in [-0.3, -0.25) is 9.59 Å². The summed E-state index contributed by atoms with van der Waals surface area (Å²) in [4.78, 5) is 39.1. The zero-order valence-electron chi connectivity index (χ0n) is 22.5. The maximum atomic E-state index is 13.3. The Kier molecular flexibility index (Phi) is 8.67. The fourth-order valence-corrected chi connectivity index (χ4v) is 6.56. The van der Waals surface area contributed by atoms with Gasteiger partial charge in [-0.1, -0.05) is 67.6 Å². The van der Waals surface area contributed by atoms with E-state index in [-0.39, 0.29) is 17.0 Å². The van der Waals surface area contributed by atoms with Gasteiger partial charge in [-0.05, 0) is 47.7 Å². The van der Waals surface area contributed by atoms with Crippen LogP contribution in [-0.2, 0) is 4.79 Å². The van der Waals surface area contributed by atoms with Crippen molar-refractivity contribution < 1.29 is 19.5 Å². The maximum absolute atomic E-state index is 13.3. The van der Waals surface area contributed by atoms with Crippen molar-refractivity contribution in [2.24, 2.45) is 0 Å². The predicted molar refractivity (Wildman–Crippen MR) is 168 cm³/mol. The van der Waals surface area contributed by atoms with Gasteiger partial charge in [0.25, 0.3) is 5.91 Å². The minimum absolute atomic E-state index is 0.0561. The van der Waals surface area contributed by atoms with Crippen molar-refractivity contribution in [3.63, 3.8) is 0 Å². The highest BCUT2D eigenvalue weighted by Crippen LogP contribution is 2.36. The lowest BCUT2D eigenvalue weighted by Crippen LogP contribution is -2.24. The Balaban J connectivity index is 1.32. The van der Waals surface area contributed by atoms with Gasteiger partial charge in [-0.15, -0.1) is 23.1 Å². The largest absolute Gasteiger partial charge is 0.478 e. The molecule has 0 aliphatic carbocycles. The highest BCUT2D eigenvalue weighted by molar-refractivity contribution is 8.00. The maximum Gasteiger partial charge on any atom is 0.336 e. The van der Waals surface area contributed by atoms with E-state index < -0.39 is 17.1 Å². The van der Waals surface area contributed by atoms with E-state index in [1.165, 1.54) is 29.2 Å². The van der Waals surface area contributed by atoms with Gasteiger partial charge in [0.2, 0.25) is 5.91 Å². The van der Waals surface area contributed by atoms with E-state index in [0.29, 0.717) is 33.4 Å². The molecule has 1 aromatic heterocycles. The monoisotopic (exact) mass is 591 g/mol. The number of carboxylic acid groups (broad SMARTS) is 1. The summed E-state index contributed by atoms with van der Waals surface area (Å²) in [6.07, 6.45) is 0.542. The Labute approximate surface area is 250 Å². The molecule has 0 aliphatic rings. The van der Waals surface area contributed by atoms with Crippen molar-refractivity contribution in [2.75, 3.05) is 10.6 Å². The van der Waals surface area contributed by atoms with Crippen LogP contribution < -0.4 is 10.6 Å². The predicted octanol–water partition coefficient (Wildman–Crippen LogP) is 7.90. The zero-order chi connectivity index (χ0) is 29.6. The molecule has 0 aliphatic heterocycles. The lowest BCUT2D eigenvalue weighted by Gasteiger charge is -2.15. The molecule has 5 aromatic rings. The third kappa shape index (κ3) is 6.05. The second-order valence-corrected chi connectivity index (χ2v) is 11.5. The summed E-state index contributed by atoms with van der Waals surface area (Å²) in [5.41, 5.74) is 2.96. The Morgan fingerprint density at radius 1 is 0.929 bits per heavy atom. The Bertz CT molecular complexity index is 1840. The van der Waals surface area contributed by atoms with E-state index in [4.69, 9.17) is 0 Å². The van der Waals surface area contributed by atoms with Crippen molar-refractivity contribution in [3.05, 3.63) is 113 Å². The number of carbonyl (C=O) groups excluding carboxylic acids is 2. The average molecular weight is 592 g/mol. The topological polar surface area (TPSA) is 119 Å². The van der Waals surface area contributed by atoms with Crippen molar-refractivity contribution in [2.45, 2.75) is 23.5 Å². The van der Waals surface area contributed by atoms with Gasteiger partial charge in [-0.25, -0.2) is 4.79 Å². The molecule has 3 N–H and O–H groups in total. The molecule has 0 saturated carbocycles. The number of nitrogens with one attached hydrogen (secondary N) is 2. The molecule has 1 unspecified atom stereocenters. The highest BCUT2D eigenvalue weighted by Gasteiger charge is 2.22. The van der Waals surface area contributed by atoms with Crippen LogP contribution in [0.1, 0.15) is 39.6 Å². The molecule has 1 heterocycles. The van der Waals surface area contributed by atoms with Crippen LogP contribution >= 0.6 is 23.1 Å². The first-order chi connectivity index (χ1) is 20.4. The fourth-order valence-electron chi connectivity index (χ4n) is 4.62. The van der Waals surface area contributed by atoms with Crippen molar-refractivity contribution in [1.82, 2.24) is 0 Å². The van der Waals surface area contributed by atoms with Crippen LogP contribution in [0.5, 0.6) is 0 Å². The molecule has 0 fully saturated rings. The number of amides is 2. The van der Waals surface area contributed by atoms with Crippen LogP contribution in [0.25, 0.3) is 21.9 Å². The fraction of sp³-hybridized carbons (Fsp3) is 0.0909. The van der Waals surface area contributed by atoms with Gasteiger partial charge in [0.15, 0.2) is 0 Å². The van der Waals surface area contributed by atoms with E-state index in [0.717, 1.165) is 16.0 Å². The standard InChI is InChI=1S/C33H25N3O4S2/c1-2-28(31(38)36-32-26(18-34)27(19-41-32)20-9-4-3-5-10-20)42-23-14-8-13-22(17-23)35-30(37)24-15-6-11-21-12-7-16-25(29(21)24)33(39)40/h3-17,19,28H,2H2,1H3,(H,35,37)(H,36,38)(H,39,40). The molecular weight excluding hydrogens is 567 g/mol. The van der Waals surface area contributed by atoms with E-state index >= 15 is 0 Å². The van der Waals surface area contributed by atoms with Crippen LogP contribution in [0, 0.1) is 11.3 Å². The summed E-state index contributed by atoms with van der Waals surface area (Å²) >= 11 is 2.68. The normalized spacial score (nSPS) is 11.4. The third-order valence-corrected chi connectivity index (χ3v) is 8.89. The quantitative estimate of drug-likeness (QED) is 0.150. The van der Waals surface area contributed by atoms with E-state index in [9.17, 15) is 24.8 Å². The lowest BCUT2D eigenvalue weighted by molar-refractivity contribution is -0.115. The van der Waals surface area contributed by atoms with Crippen molar-refractivity contribution >= 4 is 62.3 Å². The van der Waals surface area contributed by atoms with E-state index in [1.807, 2.05) is 48.7 Å². The number of carboxylic acids is 1. The number of thioether (sulfide) groups is 1. The molecule has 2 amide bonds. The first-order valence-corrected chi connectivity index (χ1v) is 14.9. The van der Waals surface area contributed by atoms with Gasteiger partial charge in [0.05, 0.1) is 16.4 Å². The Hall–Kier alpha value is -4.91. The lowest BCUT2D eigenvalue weighted by atomic mass is 9.98. The number of nitriles is 1. The van der Waals surface area contributed by atoms with E-state index in [2.05, 4.69) is 16.7 Å². The van der Waals surface area contributed by atoms with Crippen molar-refractivity contribution in [3.8, 4) is 17.2 Å². The summed E-state index contributed by atoms with van der Waals surface area (Å²) in [5.74, 6) is -1.76. The summed E-state index contributed by atoms with van der Waals surface area (Å²) in [5, 5.41) is 28.3. The number of anilines is 2. The van der Waals surface area contributed by atoms with Crippen molar-refractivity contribution in [1.29, 1.82) is 5.26 Å². The first kappa shape index (κ1) is 28.6. The Morgan fingerprint density at radius 3 is 2.33 bits per heavy atom. The molecule has 208 valence electrons. The van der Waals surface area contributed by atoms with Gasteiger partial charge in [0, 0.05) is 32.5 Å². The van der Waals surface area contributed by atoms with Gasteiger partial charge in [0.1, 0.15) is 11.1 Å². The molecule has 0 spiro atoms. The number of thiophene rings is 1. The second kappa shape index (κ2) is 12.7. The number of aromatic carboxylic acids is 1. The molecule has 5 rings (SSSR count). The van der Waals surface area contributed by atoms with Crippen LogP contribution in [0.15, 0.2) is 101 Å². The summed E-state index contributed by atoms with van der Waals surface area (Å²) in [6.45, 7) is 1.92. The van der Waals surface area contributed by atoms with Gasteiger partial charge < -0.3 is 15.7 Å². The number of nitrogens with zero attached hydrogens (tertiary/aromatic N) is 1. The number of benzene rings is 4. The highest BCUT2D eigenvalue weighted by atomic mass is 32.2. The summed E-state index contributed by atoms with van der Waals surface area (Å²) in [7, 11) is 0. The minimum atomic E-state index is -1.11. The van der Waals surface area contributed by atoms with Gasteiger partial charge in [-0.2, -0.15) is 5.26 Å². The summed E-state index contributed by atoms with van der Waals surface area (Å²) < 4.78 is 0. The van der Waals surface area contributed by atoms with Crippen LogP contribution in [0.4, 0.5) is 10.7 Å². The molecule has 9 heteroatoms. The molecule has 4 aromatic carbocycles. The Morgan fingerprint density at radius 2 is 1.64 bits per heavy atom. The number of hydrogen-bond acceptors (Lipinski definition) is 6. The van der Waals surface area contributed by atoms with Crippen LogP contribution in [-0.4, -0.2) is 28.1 Å². The van der Waals surface area contributed by atoms with Crippen LogP contribution in [0.2, 0.25) is 0 Å². The minimum Gasteiger partial charge on any atom is -0.478 e. The number of hydrogen-bond donors (Lipinski definition) is 3. The molecule has 7 nitrogen and oxygen atoms in total. The molecule has 0 saturated heterocycles. The third-order valence-electron chi connectivity index (χ3n) is 6.64.